The average molecular weight is 280 g/mol. The van der Waals surface area contributed by atoms with Gasteiger partial charge in [0, 0.05) is 23.5 Å². The van der Waals surface area contributed by atoms with E-state index in [2.05, 4.69) is 0 Å². The molecule has 1 heterocycles. The number of benzene rings is 1. The van der Waals surface area contributed by atoms with Crippen LogP contribution in [0.4, 0.5) is 0 Å². The number of nitrogens with two attached hydrogens (primary N) is 1. The van der Waals surface area contributed by atoms with Crippen LogP contribution in [-0.4, -0.2) is 28.9 Å². The number of hydrogen-bond donors (Lipinski definition) is 1. The first kappa shape index (κ1) is 13.1. The van der Waals surface area contributed by atoms with Crippen molar-refractivity contribution >= 4 is 17.5 Å². The van der Waals surface area contributed by atoms with Gasteiger partial charge in [-0.05, 0) is 17.7 Å². The summed E-state index contributed by atoms with van der Waals surface area (Å²) in [6.07, 6.45) is 6.52. The van der Waals surface area contributed by atoms with Gasteiger partial charge in [0.05, 0.1) is 5.57 Å². The molecule has 0 bridgehead atoms. The number of allylic oxidation sites excluding steroid dienone is 4. The van der Waals surface area contributed by atoms with Gasteiger partial charge >= 0.3 is 0 Å². The molecule has 1 aliphatic heterocycles. The van der Waals surface area contributed by atoms with E-state index in [1.807, 2.05) is 0 Å². The van der Waals surface area contributed by atoms with Gasteiger partial charge in [-0.1, -0.05) is 24.3 Å². The molecule has 0 saturated heterocycles. The molecule has 2 aliphatic rings. The number of primary amides is 1. The molecule has 1 aliphatic carbocycles. The fraction of sp³-hybridized carbons (Fsp3) is 0.0625. The van der Waals surface area contributed by atoms with Crippen LogP contribution in [0.3, 0.4) is 0 Å². The Bertz CT molecular complexity index is 704. The van der Waals surface area contributed by atoms with Crippen LogP contribution < -0.4 is 5.73 Å². The molecule has 1 aromatic rings. The van der Waals surface area contributed by atoms with Gasteiger partial charge in [0.2, 0.25) is 5.91 Å². The van der Waals surface area contributed by atoms with Crippen molar-refractivity contribution in [2.45, 2.75) is 0 Å². The zero-order valence-electron chi connectivity index (χ0n) is 11.1. The zero-order valence-corrected chi connectivity index (χ0v) is 11.1. The van der Waals surface area contributed by atoms with Gasteiger partial charge < -0.3 is 10.6 Å². The number of hydrogen-bond acceptors (Lipinski definition) is 4. The van der Waals surface area contributed by atoms with E-state index in [1.165, 1.54) is 0 Å². The Hall–Kier alpha value is -2.95. The van der Waals surface area contributed by atoms with Crippen LogP contribution in [0.2, 0.25) is 0 Å². The summed E-state index contributed by atoms with van der Waals surface area (Å²) in [5.74, 6) is -0.979. The lowest BCUT2D eigenvalue weighted by Gasteiger charge is -2.17. The molecule has 1 amide bonds. The molecule has 0 atom stereocenters. The third-order valence-electron chi connectivity index (χ3n) is 3.39. The Morgan fingerprint density at radius 2 is 1.52 bits per heavy atom. The summed E-state index contributed by atoms with van der Waals surface area (Å²) in [7, 11) is 0. The second-order valence-corrected chi connectivity index (χ2v) is 4.80. The van der Waals surface area contributed by atoms with Crippen molar-refractivity contribution < 1.29 is 14.4 Å². The summed E-state index contributed by atoms with van der Waals surface area (Å²) < 4.78 is 0. The molecule has 5 nitrogen and oxygen atoms in total. The van der Waals surface area contributed by atoms with Crippen molar-refractivity contribution in [3.63, 3.8) is 0 Å². The summed E-state index contributed by atoms with van der Waals surface area (Å²) >= 11 is 0. The van der Waals surface area contributed by atoms with E-state index in [9.17, 15) is 14.4 Å². The van der Waals surface area contributed by atoms with E-state index in [0.717, 1.165) is 0 Å². The summed E-state index contributed by atoms with van der Waals surface area (Å²) in [5, 5.41) is 0. The second kappa shape index (κ2) is 4.86. The molecule has 1 aromatic carbocycles. The zero-order chi connectivity index (χ0) is 15.0. The minimum atomic E-state index is -0.458. The summed E-state index contributed by atoms with van der Waals surface area (Å²) in [5.41, 5.74) is 6.70. The minimum Gasteiger partial charge on any atom is -0.368 e. The van der Waals surface area contributed by atoms with E-state index in [4.69, 9.17) is 5.73 Å². The number of rotatable bonds is 2. The Balaban J connectivity index is 1.96. The van der Waals surface area contributed by atoms with E-state index in [0.29, 0.717) is 16.7 Å². The number of ketones is 2. The molecule has 5 heteroatoms. The molecule has 0 unspecified atom stereocenters. The lowest BCUT2D eigenvalue weighted by Crippen LogP contribution is -2.27. The lowest BCUT2D eigenvalue weighted by molar-refractivity contribution is -0.118. The van der Waals surface area contributed by atoms with Gasteiger partial charge in [-0.15, -0.1) is 0 Å². The predicted molar refractivity (Wildman–Crippen MR) is 76.3 cm³/mol. The highest BCUT2D eigenvalue weighted by atomic mass is 16.2. The summed E-state index contributed by atoms with van der Waals surface area (Å²) in [4.78, 5) is 37.1. The van der Waals surface area contributed by atoms with Crippen molar-refractivity contribution in [3.8, 4) is 0 Å². The minimum absolute atomic E-state index is 0.0533. The fourth-order valence-electron chi connectivity index (χ4n) is 2.42. The fourth-order valence-corrected chi connectivity index (χ4v) is 2.42. The number of fused-ring (bicyclic) bond motifs is 1. The Morgan fingerprint density at radius 3 is 2.00 bits per heavy atom. The van der Waals surface area contributed by atoms with E-state index < -0.39 is 5.91 Å². The molecule has 0 aromatic heterocycles. The van der Waals surface area contributed by atoms with Crippen molar-refractivity contribution in [3.05, 3.63) is 71.1 Å². The van der Waals surface area contributed by atoms with Crippen molar-refractivity contribution in [2.75, 3.05) is 6.54 Å². The molecular weight excluding hydrogens is 268 g/mol. The molecule has 21 heavy (non-hydrogen) atoms. The molecular formula is C16H12N2O3. The van der Waals surface area contributed by atoms with E-state index in [-0.39, 0.29) is 23.7 Å². The SMILES string of the molecule is NC(=O)CN1C=CC(=C2C(=O)c3ccccc3C2=O)C=C1. The largest absolute Gasteiger partial charge is 0.368 e. The molecule has 2 N–H and O–H groups in total. The summed E-state index contributed by atoms with van der Waals surface area (Å²) in [6.45, 7) is 0.0533. The van der Waals surface area contributed by atoms with E-state index >= 15 is 0 Å². The van der Waals surface area contributed by atoms with Gasteiger partial charge in [-0.3, -0.25) is 14.4 Å². The van der Waals surface area contributed by atoms with E-state index in [1.54, 1.807) is 53.7 Å². The lowest BCUT2D eigenvalue weighted by atomic mass is 10.0. The molecule has 104 valence electrons. The predicted octanol–water partition coefficient (Wildman–Crippen LogP) is 1.19. The van der Waals surface area contributed by atoms with Crippen LogP contribution in [0, 0.1) is 0 Å². The van der Waals surface area contributed by atoms with Crippen LogP contribution >= 0.6 is 0 Å². The Kier molecular flexibility index (Phi) is 3.02. The highest BCUT2D eigenvalue weighted by molar-refractivity contribution is 6.40. The maximum atomic E-state index is 12.3. The molecule has 0 saturated carbocycles. The molecule has 0 spiro atoms. The highest BCUT2D eigenvalue weighted by Gasteiger charge is 2.34. The Labute approximate surface area is 121 Å². The first-order chi connectivity index (χ1) is 10.1. The molecule has 0 fully saturated rings. The van der Waals surface area contributed by atoms with Crippen LogP contribution in [0.15, 0.2) is 60.0 Å². The van der Waals surface area contributed by atoms with Crippen LogP contribution in [0.5, 0.6) is 0 Å². The summed E-state index contributed by atoms with van der Waals surface area (Å²) in [6, 6.07) is 6.77. The number of carbonyl (C=O) groups excluding carboxylic acids is 3. The quantitative estimate of drug-likeness (QED) is 0.652. The molecule has 3 rings (SSSR count). The van der Waals surface area contributed by atoms with Gasteiger partial charge in [-0.2, -0.15) is 0 Å². The van der Waals surface area contributed by atoms with Crippen molar-refractivity contribution in [1.82, 2.24) is 4.90 Å². The smallest absolute Gasteiger partial charge is 0.237 e. The van der Waals surface area contributed by atoms with Gasteiger partial charge in [0.1, 0.15) is 6.54 Å². The second-order valence-electron chi connectivity index (χ2n) is 4.80. The van der Waals surface area contributed by atoms with Crippen LogP contribution in [-0.2, 0) is 4.79 Å². The standard InChI is InChI=1S/C16H12N2O3/c17-13(19)9-18-7-5-10(6-8-18)14-15(20)11-3-1-2-4-12(11)16(14)21/h1-8H,9H2,(H2,17,19). The first-order valence-corrected chi connectivity index (χ1v) is 6.41. The first-order valence-electron chi connectivity index (χ1n) is 6.41. The van der Waals surface area contributed by atoms with Gasteiger partial charge in [-0.25, -0.2) is 0 Å². The maximum Gasteiger partial charge on any atom is 0.237 e. The average Bonchev–Trinajstić information content (AvgIpc) is 2.72. The van der Waals surface area contributed by atoms with Crippen LogP contribution in [0.25, 0.3) is 0 Å². The maximum absolute atomic E-state index is 12.3. The topological polar surface area (TPSA) is 80.5 Å². The third-order valence-corrected chi connectivity index (χ3v) is 3.39. The van der Waals surface area contributed by atoms with Crippen molar-refractivity contribution in [1.29, 1.82) is 0 Å². The van der Waals surface area contributed by atoms with Gasteiger partial charge in [0.15, 0.2) is 11.6 Å². The van der Waals surface area contributed by atoms with Crippen LogP contribution in [0.1, 0.15) is 20.7 Å². The highest BCUT2D eigenvalue weighted by Crippen LogP contribution is 2.30. The normalized spacial score (nSPS) is 16.7. The number of carbonyl (C=O) groups is 3. The molecule has 0 radical (unpaired) electrons. The van der Waals surface area contributed by atoms with Crippen molar-refractivity contribution in [2.24, 2.45) is 5.73 Å². The van der Waals surface area contributed by atoms with Gasteiger partial charge in [0.25, 0.3) is 0 Å². The monoisotopic (exact) mass is 280 g/mol. The number of Topliss-reactive ketones (excluding diaryl/α,β-unsaturated/α-hetero) is 2. The number of amides is 1. The number of nitrogens with zero attached hydrogens (tertiary/aromatic N) is 1. The Morgan fingerprint density at radius 1 is 1.00 bits per heavy atom. The third kappa shape index (κ3) is 2.18.